The summed E-state index contributed by atoms with van der Waals surface area (Å²) in [7, 11) is 0. The van der Waals surface area contributed by atoms with E-state index >= 15 is 0 Å². The minimum atomic E-state index is 0.133. The van der Waals surface area contributed by atoms with Gasteiger partial charge in [0, 0.05) is 29.1 Å². The van der Waals surface area contributed by atoms with Crippen LogP contribution >= 0.6 is 0 Å². The molecule has 6 N–H and O–H groups in total. The number of phenolic OH excluding ortho intramolecular Hbond substituents is 1. The molecular weight excluding hydrogens is 316 g/mol. The highest BCUT2D eigenvalue weighted by molar-refractivity contribution is 6.11. The van der Waals surface area contributed by atoms with Gasteiger partial charge in [-0.3, -0.25) is 4.99 Å². The molecule has 1 fully saturated rings. The average molecular weight is 338 g/mol. The van der Waals surface area contributed by atoms with Crippen LogP contribution in [-0.2, 0) is 0 Å². The van der Waals surface area contributed by atoms with Crippen molar-refractivity contribution in [3.05, 3.63) is 42.1 Å². The first-order chi connectivity index (χ1) is 12.2. The van der Waals surface area contributed by atoms with Crippen LogP contribution in [0, 0.1) is 0 Å². The summed E-state index contributed by atoms with van der Waals surface area (Å²) in [5.74, 6) is 0.404. The Morgan fingerprint density at radius 3 is 2.72 bits per heavy atom. The maximum atomic E-state index is 10.0. The molecule has 2 aromatic rings. The normalized spacial score (nSPS) is 16.4. The second-order valence-electron chi connectivity index (χ2n) is 5.93. The Bertz CT molecular complexity index is 796. The molecule has 0 aliphatic carbocycles. The minimum absolute atomic E-state index is 0.133. The quantitative estimate of drug-likeness (QED) is 0.627. The number of anilines is 1. The van der Waals surface area contributed by atoms with Crippen molar-refractivity contribution in [3.8, 4) is 17.0 Å². The van der Waals surface area contributed by atoms with E-state index in [2.05, 4.69) is 20.5 Å². The van der Waals surface area contributed by atoms with Crippen LogP contribution in [0.5, 0.6) is 5.75 Å². The second-order valence-corrected chi connectivity index (χ2v) is 5.93. The number of phenols is 1. The number of allylic oxidation sites excluding steroid dienone is 1. The fourth-order valence-electron chi connectivity index (χ4n) is 2.80. The first kappa shape index (κ1) is 16.9. The smallest absolute Gasteiger partial charge is 0.154 e. The van der Waals surface area contributed by atoms with Crippen LogP contribution < -0.4 is 16.8 Å². The van der Waals surface area contributed by atoms with E-state index in [9.17, 15) is 5.11 Å². The number of rotatable bonds is 4. The van der Waals surface area contributed by atoms with Crippen LogP contribution in [0.4, 0.5) is 5.82 Å². The number of nitrogens with two attached hydrogens (primary N) is 2. The molecule has 0 saturated carbocycles. The SMILES string of the molecule is NC=C(C=NC1CCNCC1)c1cc(-c2ccccc2O)nnc1N. The Hall–Kier alpha value is -2.93. The van der Waals surface area contributed by atoms with E-state index in [0.29, 0.717) is 22.4 Å². The Morgan fingerprint density at radius 2 is 2.00 bits per heavy atom. The van der Waals surface area contributed by atoms with E-state index < -0.39 is 0 Å². The van der Waals surface area contributed by atoms with Gasteiger partial charge in [-0.15, -0.1) is 10.2 Å². The van der Waals surface area contributed by atoms with E-state index in [1.165, 1.54) is 6.20 Å². The number of nitrogens with zero attached hydrogens (tertiary/aromatic N) is 3. The van der Waals surface area contributed by atoms with Gasteiger partial charge in [0.05, 0.1) is 11.7 Å². The molecule has 130 valence electrons. The Balaban J connectivity index is 1.91. The van der Waals surface area contributed by atoms with Crippen molar-refractivity contribution in [2.24, 2.45) is 10.7 Å². The molecule has 1 saturated heterocycles. The minimum Gasteiger partial charge on any atom is -0.507 e. The van der Waals surface area contributed by atoms with Crippen molar-refractivity contribution in [1.82, 2.24) is 15.5 Å². The zero-order valence-corrected chi connectivity index (χ0v) is 13.9. The van der Waals surface area contributed by atoms with Crippen LogP contribution in [0.25, 0.3) is 16.8 Å². The van der Waals surface area contributed by atoms with Gasteiger partial charge in [0.2, 0.25) is 0 Å². The summed E-state index contributed by atoms with van der Waals surface area (Å²) in [5, 5.41) is 21.4. The van der Waals surface area contributed by atoms with Gasteiger partial charge >= 0.3 is 0 Å². The van der Waals surface area contributed by atoms with Gasteiger partial charge in [0.25, 0.3) is 0 Å². The molecular formula is C18H22N6O. The largest absolute Gasteiger partial charge is 0.507 e. The summed E-state index contributed by atoms with van der Waals surface area (Å²) in [4.78, 5) is 4.63. The number of hydrogen-bond acceptors (Lipinski definition) is 7. The van der Waals surface area contributed by atoms with E-state index in [4.69, 9.17) is 11.5 Å². The van der Waals surface area contributed by atoms with Crippen molar-refractivity contribution in [3.63, 3.8) is 0 Å². The lowest BCUT2D eigenvalue weighted by atomic mass is 10.0. The number of aromatic nitrogens is 2. The molecule has 0 atom stereocenters. The van der Waals surface area contributed by atoms with Crippen LogP contribution in [0.3, 0.4) is 0 Å². The maximum Gasteiger partial charge on any atom is 0.154 e. The fourth-order valence-corrected chi connectivity index (χ4v) is 2.80. The predicted octanol–water partition coefficient (Wildman–Crippen LogP) is 1.55. The summed E-state index contributed by atoms with van der Waals surface area (Å²) >= 11 is 0. The molecule has 0 radical (unpaired) electrons. The van der Waals surface area contributed by atoms with Gasteiger partial charge < -0.3 is 21.9 Å². The molecule has 0 unspecified atom stereocenters. The maximum absolute atomic E-state index is 10.0. The van der Waals surface area contributed by atoms with Crippen molar-refractivity contribution in [1.29, 1.82) is 0 Å². The summed E-state index contributed by atoms with van der Waals surface area (Å²) in [6.07, 6.45) is 5.22. The lowest BCUT2D eigenvalue weighted by Gasteiger charge is -2.18. The molecule has 7 nitrogen and oxygen atoms in total. The van der Waals surface area contributed by atoms with Gasteiger partial charge in [-0.1, -0.05) is 12.1 Å². The predicted molar refractivity (Wildman–Crippen MR) is 100 cm³/mol. The highest BCUT2D eigenvalue weighted by atomic mass is 16.3. The van der Waals surface area contributed by atoms with Gasteiger partial charge in [-0.2, -0.15) is 0 Å². The molecule has 25 heavy (non-hydrogen) atoms. The number of piperidine rings is 1. The van der Waals surface area contributed by atoms with E-state index in [1.54, 1.807) is 30.5 Å². The zero-order chi connectivity index (χ0) is 17.6. The topological polar surface area (TPSA) is 122 Å². The number of nitrogens with one attached hydrogen (secondary N) is 1. The highest BCUT2D eigenvalue weighted by Crippen LogP contribution is 2.29. The van der Waals surface area contributed by atoms with Crippen LogP contribution in [-0.4, -0.2) is 40.6 Å². The molecule has 1 aliphatic rings. The van der Waals surface area contributed by atoms with E-state index in [0.717, 1.165) is 25.9 Å². The molecule has 0 amide bonds. The number of para-hydroxylation sites is 1. The molecule has 0 bridgehead atoms. The summed E-state index contributed by atoms with van der Waals surface area (Å²) < 4.78 is 0. The molecule has 2 heterocycles. The lowest BCUT2D eigenvalue weighted by molar-refractivity contribution is 0.461. The van der Waals surface area contributed by atoms with Gasteiger partial charge in [0.1, 0.15) is 5.75 Å². The molecule has 7 heteroatoms. The number of aromatic hydroxyl groups is 1. The second kappa shape index (κ2) is 7.76. The Labute approximate surface area is 146 Å². The van der Waals surface area contributed by atoms with Crippen molar-refractivity contribution in [2.75, 3.05) is 18.8 Å². The zero-order valence-electron chi connectivity index (χ0n) is 13.9. The van der Waals surface area contributed by atoms with Gasteiger partial charge in [0.15, 0.2) is 5.82 Å². The van der Waals surface area contributed by atoms with Gasteiger partial charge in [-0.05, 0) is 44.1 Å². The van der Waals surface area contributed by atoms with Crippen LogP contribution in [0.15, 0.2) is 41.5 Å². The monoisotopic (exact) mass is 338 g/mol. The van der Waals surface area contributed by atoms with Crippen LogP contribution in [0.1, 0.15) is 18.4 Å². The average Bonchev–Trinajstić information content (AvgIpc) is 2.65. The van der Waals surface area contributed by atoms with Gasteiger partial charge in [-0.25, -0.2) is 0 Å². The molecule has 1 aliphatic heterocycles. The molecule has 0 spiro atoms. The van der Waals surface area contributed by atoms with Crippen LogP contribution in [0.2, 0.25) is 0 Å². The van der Waals surface area contributed by atoms with E-state index in [1.807, 2.05) is 6.07 Å². The molecule has 1 aromatic carbocycles. The standard InChI is InChI=1S/C18H22N6O/c19-10-12(11-22-13-5-7-21-8-6-13)15-9-16(23-24-18(15)20)14-3-1-2-4-17(14)25/h1-4,9-11,13,21,25H,5-8,19H2,(H2,20,24). The third-order valence-corrected chi connectivity index (χ3v) is 4.23. The Kier molecular flexibility index (Phi) is 5.25. The molecule has 3 rings (SSSR count). The summed E-state index contributed by atoms with van der Waals surface area (Å²) in [5.41, 5.74) is 14.2. The van der Waals surface area contributed by atoms with Crippen molar-refractivity contribution < 1.29 is 5.11 Å². The first-order valence-corrected chi connectivity index (χ1v) is 8.26. The van der Waals surface area contributed by atoms with E-state index in [-0.39, 0.29) is 17.6 Å². The fraction of sp³-hybridized carbons (Fsp3) is 0.278. The number of hydrogen-bond donors (Lipinski definition) is 4. The summed E-state index contributed by atoms with van der Waals surface area (Å²) in [6.45, 7) is 1.94. The highest BCUT2D eigenvalue weighted by Gasteiger charge is 2.14. The summed E-state index contributed by atoms with van der Waals surface area (Å²) in [6, 6.07) is 9.00. The lowest BCUT2D eigenvalue weighted by Crippen LogP contribution is -2.29. The number of aliphatic imine (C=N–C) groups is 1. The molecule has 1 aromatic heterocycles. The third kappa shape index (κ3) is 3.95. The third-order valence-electron chi connectivity index (χ3n) is 4.23. The van der Waals surface area contributed by atoms with Crippen molar-refractivity contribution >= 4 is 17.6 Å². The van der Waals surface area contributed by atoms with Crippen molar-refractivity contribution in [2.45, 2.75) is 18.9 Å². The number of nitrogen functional groups attached to an aromatic ring is 1. The first-order valence-electron chi connectivity index (χ1n) is 8.26. The Morgan fingerprint density at radius 1 is 1.24 bits per heavy atom. The number of benzene rings is 1.